The molecule has 0 amide bonds. The molecule has 0 aliphatic carbocycles. The van der Waals surface area contributed by atoms with E-state index < -0.39 is 0 Å². The van der Waals surface area contributed by atoms with Crippen LogP contribution in [0.1, 0.15) is 13.7 Å². The van der Waals surface area contributed by atoms with Crippen LogP contribution in [0.15, 0.2) is 64.9 Å². The molecule has 15 heavy (non-hydrogen) atoms. The number of rotatable bonds is 0. The maximum absolute atomic E-state index is 7.26. The number of hydrogen-bond donors (Lipinski definition) is 0. The van der Waals surface area contributed by atoms with Crippen molar-refractivity contribution in [2.75, 3.05) is 0 Å². The van der Waals surface area contributed by atoms with Crippen LogP contribution in [0.3, 0.4) is 0 Å². The summed E-state index contributed by atoms with van der Waals surface area (Å²) in [6, 6.07) is -0.880. The predicted octanol–water partition coefficient (Wildman–Crippen LogP) is 0.559. The summed E-state index contributed by atoms with van der Waals surface area (Å²) in [6.45, 7) is 0. The quantitative estimate of drug-likeness (QED) is 0.482. The summed E-state index contributed by atoms with van der Waals surface area (Å²) >= 11 is 2.92. The maximum Gasteiger partial charge on any atom is 2.00 e. The van der Waals surface area contributed by atoms with Crippen LogP contribution < -0.4 is 17.0 Å². The Morgan fingerprint density at radius 2 is 1.40 bits per heavy atom. The van der Waals surface area contributed by atoms with Crippen LogP contribution in [0.25, 0.3) is 0 Å². The molecule has 0 aliphatic heterocycles. The van der Waals surface area contributed by atoms with E-state index in [1.165, 1.54) is 0 Å². The minimum absolute atomic E-state index is 0. The van der Waals surface area contributed by atoms with Gasteiger partial charge in [0.2, 0.25) is 0 Å². The average molecular weight is 348 g/mol. The first-order chi connectivity index (χ1) is 10.5. The molecule has 2 aromatic rings. The van der Waals surface area contributed by atoms with Gasteiger partial charge < -0.3 is 17.0 Å². The number of benzene rings is 2. The summed E-state index contributed by atoms with van der Waals surface area (Å²) in [5.74, 6) is 0. The summed E-state index contributed by atoms with van der Waals surface area (Å²) < 4.78 is 71.5. The molecule has 2 aromatic carbocycles. The van der Waals surface area contributed by atoms with E-state index in [1.54, 1.807) is 0 Å². The van der Waals surface area contributed by atoms with Gasteiger partial charge in [0.1, 0.15) is 0 Å². The van der Waals surface area contributed by atoms with E-state index in [0.29, 0.717) is 0 Å². The Labute approximate surface area is 140 Å². The Kier molecular flexibility index (Phi) is 4.63. The van der Waals surface area contributed by atoms with Crippen LogP contribution in [-0.4, -0.2) is 23.1 Å². The molecule has 0 saturated heterocycles. The van der Waals surface area contributed by atoms with Gasteiger partial charge in [-0.15, -0.1) is 0 Å². The zero-order chi connectivity index (χ0) is 18.1. The van der Waals surface area contributed by atoms with Crippen molar-refractivity contribution < 1.29 is 30.7 Å². The molecular weight excluding hydrogens is 328 g/mol. The van der Waals surface area contributed by atoms with Crippen LogP contribution in [-0.2, 0) is 0 Å². The molecule has 0 aliphatic rings. The topological polar surface area (TPSA) is 0 Å². The standard InChI is InChI=1S/C6H5Br.C6H5.BrH.Mg/c7-6-4-2-1-3-5-6;1-2-4-6-5-3-1;;/h1-5H;1-5H;1H;/q;-1;;+2/p-1/i2*1D,2D,3D,4D,5D;;. The molecule has 0 nitrogen and oxygen atoms in total. The Bertz CT molecular complexity index is 637. The van der Waals surface area contributed by atoms with Crippen molar-refractivity contribution in [2.45, 2.75) is 0 Å². The van der Waals surface area contributed by atoms with Crippen molar-refractivity contribution in [3.8, 4) is 0 Å². The minimum atomic E-state index is -0.376. The van der Waals surface area contributed by atoms with Gasteiger partial charge in [0.25, 0.3) is 0 Å². The minimum Gasteiger partial charge on any atom is -1.00 e. The smallest absolute Gasteiger partial charge is 1.00 e. The fraction of sp³-hybridized carbons (Fsp3) is 0. The molecule has 0 bridgehead atoms. The first kappa shape index (κ1) is 5.67. The van der Waals surface area contributed by atoms with E-state index in [-0.39, 0.29) is 105 Å². The van der Waals surface area contributed by atoms with Gasteiger partial charge in [-0.1, -0.05) is 34.1 Å². The molecule has 0 fully saturated rings. The molecule has 0 heterocycles. The van der Waals surface area contributed by atoms with Crippen molar-refractivity contribution in [1.29, 1.82) is 0 Å². The zero-order valence-corrected chi connectivity index (χ0v) is 12.0. The van der Waals surface area contributed by atoms with Gasteiger partial charge >= 0.3 is 23.1 Å². The number of hydrogen-bond acceptors (Lipinski definition) is 0. The van der Waals surface area contributed by atoms with E-state index in [9.17, 15) is 0 Å². The third-order valence-corrected chi connectivity index (χ3v) is 1.24. The van der Waals surface area contributed by atoms with Crippen molar-refractivity contribution in [2.24, 2.45) is 0 Å². The molecule has 0 saturated carbocycles. The molecule has 0 unspecified atom stereocenters. The molecule has 0 radical (unpaired) electrons. The second kappa shape index (κ2) is 12.2. The van der Waals surface area contributed by atoms with Crippen LogP contribution in [0.5, 0.6) is 0 Å². The fourth-order valence-corrected chi connectivity index (χ4v) is 0.620. The van der Waals surface area contributed by atoms with Gasteiger partial charge in [-0.2, -0.15) is 36.3 Å². The first-order valence-electron chi connectivity index (χ1n) is 8.19. The van der Waals surface area contributed by atoms with Crippen LogP contribution in [0.2, 0.25) is 0 Å². The van der Waals surface area contributed by atoms with Crippen LogP contribution in [0.4, 0.5) is 0 Å². The Morgan fingerprint density at radius 3 is 1.93 bits per heavy atom. The van der Waals surface area contributed by atoms with Crippen LogP contribution >= 0.6 is 15.9 Å². The summed E-state index contributed by atoms with van der Waals surface area (Å²) in [5, 5.41) is 0. The van der Waals surface area contributed by atoms with E-state index >= 15 is 0 Å². The van der Waals surface area contributed by atoms with Crippen molar-refractivity contribution in [3.63, 3.8) is 0 Å². The largest absolute Gasteiger partial charge is 2.00 e. The predicted molar refractivity (Wildman–Crippen MR) is 65.2 cm³/mol. The Morgan fingerprint density at radius 1 is 0.933 bits per heavy atom. The molecule has 2 rings (SSSR count). The van der Waals surface area contributed by atoms with Gasteiger partial charge in [0, 0.05) is 8.58 Å². The number of halogens is 2. The van der Waals surface area contributed by atoms with Gasteiger partial charge in [-0.05, 0) is 14.8 Å². The molecule has 74 valence electrons. The Hall–Kier alpha value is 0.166. The summed E-state index contributed by atoms with van der Waals surface area (Å²) in [7, 11) is 0. The van der Waals surface area contributed by atoms with E-state index in [2.05, 4.69) is 22.0 Å². The molecule has 0 spiro atoms. The second-order valence-corrected chi connectivity index (χ2v) is 2.48. The molecule has 0 atom stereocenters. The van der Waals surface area contributed by atoms with Gasteiger partial charge in [-0.25, -0.2) is 0 Å². The van der Waals surface area contributed by atoms with Crippen LogP contribution in [0, 0.1) is 6.07 Å². The Balaban J connectivity index is 0. The summed E-state index contributed by atoms with van der Waals surface area (Å²) in [6.07, 6.45) is 0. The molecule has 0 N–H and O–H groups in total. The summed E-state index contributed by atoms with van der Waals surface area (Å²) in [5.41, 5.74) is 0. The average Bonchev–Trinajstić information content (AvgIpc) is 2.53. The van der Waals surface area contributed by atoms with Crippen molar-refractivity contribution in [1.82, 2.24) is 0 Å². The van der Waals surface area contributed by atoms with Gasteiger partial charge in [-0.3, -0.25) is 0 Å². The second-order valence-electron chi connectivity index (χ2n) is 1.69. The van der Waals surface area contributed by atoms with Crippen molar-refractivity contribution in [3.05, 3.63) is 71.0 Å². The summed E-state index contributed by atoms with van der Waals surface area (Å²) in [4.78, 5) is 0. The van der Waals surface area contributed by atoms with E-state index in [0.717, 1.165) is 0 Å². The molecule has 0 aromatic heterocycles. The van der Waals surface area contributed by atoms with E-state index in [4.69, 9.17) is 13.7 Å². The monoisotopic (exact) mass is 346 g/mol. The van der Waals surface area contributed by atoms with Crippen molar-refractivity contribution >= 4 is 39.0 Å². The van der Waals surface area contributed by atoms with Gasteiger partial charge in [0.15, 0.2) is 0 Å². The normalized spacial score (nSPS) is 16.6. The zero-order valence-electron chi connectivity index (χ0n) is 17.5. The molecule has 3 heteroatoms. The fourth-order valence-electron chi connectivity index (χ4n) is 0.422. The third-order valence-electron chi connectivity index (χ3n) is 0.844. The van der Waals surface area contributed by atoms with E-state index in [1.807, 2.05) is 0 Å². The maximum atomic E-state index is 7.26. The van der Waals surface area contributed by atoms with Gasteiger partial charge in [0.05, 0.1) is 6.85 Å². The third kappa shape index (κ3) is 10.4. The molecular formula is C12H10Br2Mg. The SMILES string of the molecule is [2H]c1[c-]c([2H])c([2H])c([2H])c1[2H].[2H]c1c([2H])c([2H])c(Br)c([2H])c1[2H].[Br-].[Mg+2]. The first-order valence-corrected chi connectivity index (χ1v) is 3.98.